The zero-order chi connectivity index (χ0) is 20.9. The van der Waals surface area contributed by atoms with Crippen molar-refractivity contribution in [3.8, 4) is 11.5 Å². The van der Waals surface area contributed by atoms with Crippen LogP contribution in [0, 0.1) is 0 Å². The number of hydrogen-bond acceptors (Lipinski definition) is 5. The Kier molecular flexibility index (Phi) is 5.02. The van der Waals surface area contributed by atoms with Gasteiger partial charge in [-0.15, -0.1) is 0 Å². The van der Waals surface area contributed by atoms with Crippen LogP contribution in [0.5, 0.6) is 11.5 Å². The average Bonchev–Trinajstić information content (AvgIpc) is 3.21. The monoisotopic (exact) mass is 469 g/mol. The number of likely N-dealkylation sites (tertiary alicyclic amines) is 1. The van der Waals surface area contributed by atoms with Gasteiger partial charge in [0.15, 0.2) is 11.5 Å². The molecule has 5 nitrogen and oxygen atoms in total. The molecule has 0 bridgehead atoms. The first-order valence-corrected chi connectivity index (χ1v) is 11.5. The van der Waals surface area contributed by atoms with Gasteiger partial charge in [0, 0.05) is 48.4 Å². The first-order chi connectivity index (χ1) is 14.5. The first kappa shape index (κ1) is 19.9. The Morgan fingerprint density at radius 2 is 1.87 bits per heavy atom. The quantitative estimate of drug-likeness (QED) is 0.618. The molecule has 1 fully saturated rings. The standard InChI is InChI=1S/C24H28BrN3O2/c1-16(2)27-13-11-24(12-14-27)28-21(19-5-4-6-22(29-3)23(19)30-24)15-20(26-28)17-7-9-18(25)10-8-17/h4-10,16,21H,11-15H2,1-3H3. The van der Waals surface area contributed by atoms with Crippen LogP contribution < -0.4 is 9.47 Å². The van der Waals surface area contributed by atoms with Crippen molar-refractivity contribution in [2.45, 2.75) is 50.9 Å². The van der Waals surface area contributed by atoms with Gasteiger partial charge in [-0.25, -0.2) is 5.01 Å². The molecule has 0 aromatic heterocycles. The summed E-state index contributed by atoms with van der Waals surface area (Å²) in [5.74, 6) is 1.71. The van der Waals surface area contributed by atoms with Gasteiger partial charge in [0.25, 0.3) is 0 Å². The molecule has 1 atom stereocenters. The predicted octanol–water partition coefficient (Wildman–Crippen LogP) is 5.20. The summed E-state index contributed by atoms with van der Waals surface area (Å²) in [6, 6.07) is 15.4. The summed E-state index contributed by atoms with van der Waals surface area (Å²) in [4.78, 5) is 2.52. The fourth-order valence-electron chi connectivity index (χ4n) is 4.97. The molecule has 2 aromatic carbocycles. The number of halogens is 1. The minimum absolute atomic E-state index is 0.174. The number of piperidine rings is 1. The van der Waals surface area contributed by atoms with Crippen molar-refractivity contribution < 1.29 is 9.47 Å². The van der Waals surface area contributed by atoms with Crippen molar-refractivity contribution in [3.63, 3.8) is 0 Å². The number of para-hydroxylation sites is 1. The average molecular weight is 470 g/mol. The van der Waals surface area contributed by atoms with Crippen molar-refractivity contribution in [2.24, 2.45) is 5.10 Å². The number of ether oxygens (including phenoxy) is 2. The summed E-state index contributed by atoms with van der Waals surface area (Å²) in [7, 11) is 1.72. The molecule has 0 N–H and O–H groups in total. The number of nitrogens with zero attached hydrogens (tertiary/aromatic N) is 3. The lowest BCUT2D eigenvalue weighted by atomic mass is 9.90. The van der Waals surface area contributed by atoms with Crippen molar-refractivity contribution >= 4 is 21.6 Å². The molecule has 1 spiro atoms. The van der Waals surface area contributed by atoms with Crippen LogP contribution in [0.3, 0.4) is 0 Å². The second-order valence-electron chi connectivity index (χ2n) is 8.67. The van der Waals surface area contributed by atoms with Crippen LogP contribution in [0.25, 0.3) is 0 Å². The summed E-state index contributed by atoms with van der Waals surface area (Å²) in [6.45, 7) is 6.55. The van der Waals surface area contributed by atoms with Gasteiger partial charge < -0.3 is 14.4 Å². The van der Waals surface area contributed by atoms with E-state index in [4.69, 9.17) is 14.6 Å². The van der Waals surface area contributed by atoms with Crippen LogP contribution >= 0.6 is 15.9 Å². The van der Waals surface area contributed by atoms with Crippen LogP contribution in [0.1, 0.15) is 50.3 Å². The predicted molar refractivity (Wildman–Crippen MR) is 122 cm³/mol. The molecule has 3 aliphatic rings. The van der Waals surface area contributed by atoms with E-state index in [1.807, 2.05) is 6.07 Å². The van der Waals surface area contributed by atoms with E-state index in [2.05, 4.69) is 76.1 Å². The van der Waals surface area contributed by atoms with E-state index in [9.17, 15) is 0 Å². The van der Waals surface area contributed by atoms with E-state index < -0.39 is 5.72 Å². The van der Waals surface area contributed by atoms with E-state index in [0.29, 0.717) is 6.04 Å². The minimum atomic E-state index is -0.422. The highest BCUT2D eigenvalue weighted by Crippen LogP contribution is 2.52. The maximum absolute atomic E-state index is 6.79. The molecule has 158 valence electrons. The largest absolute Gasteiger partial charge is 0.493 e. The SMILES string of the molecule is COc1cccc2c1OC1(CCN(C(C)C)CC1)N1N=C(c3ccc(Br)cc3)CC21. The Morgan fingerprint density at radius 1 is 1.13 bits per heavy atom. The Morgan fingerprint density at radius 3 is 2.53 bits per heavy atom. The third-order valence-corrected chi connectivity index (χ3v) is 7.22. The number of fused-ring (bicyclic) bond motifs is 4. The molecule has 0 radical (unpaired) electrons. The molecule has 1 saturated heterocycles. The smallest absolute Gasteiger partial charge is 0.200 e. The van der Waals surface area contributed by atoms with E-state index >= 15 is 0 Å². The number of hydrazone groups is 1. The van der Waals surface area contributed by atoms with E-state index in [1.165, 1.54) is 11.1 Å². The van der Waals surface area contributed by atoms with Crippen LogP contribution in [0.15, 0.2) is 52.0 Å². The molecular weight excluding hydrogens is 442 g/mol. The molecule has 3 aliphatic heterocycles. The third kappa shape index (κ3) is 3.21. The molecule has 30 heavy (non-hydrogen) atoms. The Bertz CT molecular complexity index is 965. The summed E-state index contributed by atoms with van der Waals surface area (Å²) in [5.41, 5.74) is 3.04. The molecule has 0 amide bonds. The first-order valence-electron chi connectivity index (χ1n) is 10.7. The highest BCUT2D eigenvalue weighted by molar-refractivity contribution is 9.10. The summed E-state index contributed by atoms with van der Waals surface area (Å²) >= 11 is 3.54. The van der Waals surface area contributed by atoms with Gasteiger partial charge in [-0.2, -0.15) is 5.10 Å². The molecule has 0 saturated carbocycles. The zero-order valence-electron chi connectivity index (χ0n) is 17.8. The number of methoxy groups -OCH3 is 1. The second-order valence-corrected chi connectivity index (χ2v) is 9.59. The maximum Gasteiger partial charge on any atom is 0.200 e. The number of benzene rings is 2. The van der Waals surface area contributed by atoms with Crippen LogP contribution in [0.4, 0.5) is 0 Å². The summed E-state index contributed by atoms with van der Waals surface area (Å²) in [5, 5.41) is 7.43. The highest BCUT2D eigenvalue weighted by atomic mass is 79.9. The molecule has 0 aliphatic carbocycles. The third-order valence-electron chi connectivity index (χ3n) is 6.70. The molecule has 6 heteroatoms. The van der Waals surface area contributed by atoms with Crippen molar-refractivity contribution in [1.29, 1.82) is 0 Å². The summed E-state index contributed by atoms with van der Waals surface area (Å²) < 4.78 is 13.6. The van der Waals surface area contributed by atoms with Crippen molar-refractivity contribution in [1.82, 2.24) is 9.91 Å². The lowest BCUT2D eigenvalue weighted by Gasteiger charge is -2.51. The van der Waals surface area contributed by atoms with Crippen molar-refractivity contribution in [2.75, 3.05) is 20.2 Å². The van der Waals surface area contributed by atoms with Crippen LogP contribution in [-0.4, -0.2) is 47.6 Å². The molecule has 5 rings (SSSR count). The van der Waals surface area contributed by atoms with E-state index in [-0.39, 0.29) is 6.04 Å². The van der Waals surface area contributed by atoms with Gasteiger partial charge in [0.2, 0.25) is 5.72 Å². The van der Waals surface area contributed by atoms with Crippen LogP contribution in [-0.2, 0) is 0 Å². The Balaban J connectivity index is 1.56. The van der Waals surface area contributed by atoms with Gasteiger partial charge in [0.1, 0.15) is 0 Å². The fraction of sp³-hybridized carbons (Fsp3) is 0.458. The molecule has 3 heterocycles. The van der Waals surface area contributed by atoms with Crippen LogP contribution in [0.2, 0.25) is 0 Å². The molecule has 1 unspecified atom stereocenters. The second kappa shape index (κ2) is 7.57. The lowest BCUT2D eigenvalue weighted by Crippen LogP contribution is -2.59. The van der Waals surface area contributed by atoms with E-state index in [0.717, 1.165) is 54.0 Å². The molecular formula is C24H28BrN3O2. The Labute approximate surface area is 186 Å². The van der Waals surface area contributed by atoms with Gasteiger partial charge in [-0.1, -0.05) is 40.2 Å². The van der Waals surface area contributed by atoms with E-state index in [1.54, 1.807) is 7.11 Å². The lowest BCUT2D eigenvalue weighted by molar-refractivity contribution is -0.153. The van der Waals surface area contributed by atoms with Gasteiger partial charge in [-0.3, -0.25) is 0 Å². The van der Waals surface area contributed by atoms with Crippen molar-refractivity contribution in [3.05, 3.63) is 58.1 Å². The summed E-state index contributed by atoms with van der Waals surface area (Å²) in [6.07, 6.45) is 2.73. The topological polar surface area (TPSA) is 37.3 Å². The normalized spacial score (nSPS) is 22.5. The maximum atomic E-state index is 6.79. The van der Waals surface area contributed by atoms with Gasteiger partial charge in [-0.05, 0) is 37.6 Å². The van der Waals surface area contributed by atoms with Gasteiger partial charge in [0.05, 0.1) is 18.9 Å². The van der Waals surface area contributed by atoms with Gasteiger partial charge >= 0.3 is 0 Å². The minimum Gasteiger partial charge on any atom is -0.493 e. The number of rotatable bonds is 3. The highest BCUT2D eigenvalue weighted by Gasteiger charge is 2.52. The number of hydrogen-bond donors (Lipinski definition) is 0. The fourth-order valence-corrected chi connectivity index (χ4v) is 5.23. The Hall–Kier alpha value is -2.05. The molecule has 2 aromatic rings. The zero-order valence-corrected chi connectivity index (χ0v) is 19.4.